The van der Waals surface area contributed by atoms with Gasteiger partial charge in [0.15, 0.2) is 0 Å². The van der Waals surface area contributed by atoms with Crippen molar-refractivity contribution in [3.63, 3.8) is 0 Å². The van der Waals surface area contributed by atoms with Crippen LogP contribution in [0.15, 0.2) is 12.4 Å². The molecular formula is C12H20N6. The average Bonchev–Trinajstić information content (AvgIpc) is 2.82. The topological polar surface area (TPSA) is 60.6 Å². The van der Waals surface area contributed by atoms with Crippen molar-refractivity contribution in [2.24, 2.45) is 13.0 Å². The van der Waals surface area contributed by atoms with Gasteiger partial charge in [0.05, 0.1) is 6.20 Å². The molecule has 0 atom stereocenters. The lowest BCUT2D eigenvalue weighted by molar-refractivity contribution is 0.483. The van der Waals surface area contributed by atoms with Crippen molar-refractivity contribution < 1.29 is 0 Å². The Kier molecular flexibility index (Phi) is 3.64. The van der Waals surface area contributed by atoms with Crippen LogP contribution < -0.4 is 5.32 Å². The molecule has 18 heavy (non-hydrogen) atoms. The van der Waals surface area contributed by atoms with Crippen LogP contribution >= 0.6 is 0 Å². The molecule has 0 unspecified atom stereocenters. The predicted octanol–water partition coefficient (Wildman–Crippen LogP) is 1.59. The second kappa shape index (κ2) is 5.20. The Bertz CT molecular complexity index is 510. The van der Waals surface area contributed by atoms with Gasteiger partial charge in [0, 0.05) is 31.9 Å². The molecule has 0 amide bonds. The maximum absolute atomic E-state index is 4.33. The summed E-state index contributed by atoms with van der Waals surface area (Å²) >= 11 is 0. The molecule has 2 aromatic heterocycles. The third-order valence-corrected chi connectivity index (χ3v) is 2.56. The molecule has 6 nitrogen and oxygen atoms in total. The van der Waals surface area contributed by atoms with Crippen LogP contribution in [0.2, 0.25) is 0 Å². The van der Waals surface area contributed by atoms with E-state index in [1.807, 2.05) is 24.9 Å². The number of nitrogens with zero attached hydrogens (tertiary/aromatic N) is 5. The smallest absolute Gasteiger partial charge is 0.221 e. The van der Waals surface area contributed by atoms with Crippen molar-refractivity contribution in [2.45, 2.75) is 33.9 Å². The highest BCUT2D eigenvalue weighted by Gasteiger charge is 2.05. The molecule has 98 valence electrons. The number of nitrogens with one attached hydrogen (secondary N) is 1. The minimum Gasteiger partial charge on any atom is -0.350 e. The van der Waals surface area contributed by atoms with Crippen LogP contribution in [0.4, 0.5) is 5.95 Å². The van der Waals surface area contributed by atoms with Crippen molar-refractivity contribution in [1.82, 2.24) is 24.5 Å². The number of anilines is 1. The van der Waals surface area contributed by atoms with Gasteiger partial charge in [-0.3, -0.25) is 4.68 Å². The zero-order valence-electron chi connectivity index (χ0n) is 11.4. The molecule has 0 spiro atoms. The molecule has 0 radical (unpaired) electrons. The third kappa shape index (κ3) is 3.09. The van der Waals surface area contributed by atoms with E-state index < -0.39 is 0 Å². The summed E-state index contributed by atoms with van der Waals surface area (Å²) in [4.78, 5) is 4.29. The first-order chi connectivity index (χ1) is 8.54. The lowest BCUT2D eigenvalue weighted by atomic mass is 10.2. The van der Waals surface area contributed by atoms with E-state index in [2.05, 4.69) is 40.5 Å². The molecule has 0 fully saturated rings. The number of aryl methyl sites for hydroxylation is 2. The number of hydrogen-bond acceptors (Lipinski definition) is 4. The summed E-state index contributed by atoms with van der Waals surface area (Å²) in [6, 6.07) is 0. The van der Waals surface area contributed by atoms with Gasteiger partial charge in [-0.15, -0.1) is 0 Å². The van der Waals surface area contributed by atoms with Crippen molar-refractivity contribution in [2.75, 3.05) is 5.32 Å². The molecule has 2 heterocycles. The van der Waals surface area contributed by atoms with E-state index in [0.717, 1.165) is 23.9 Å². The maximum Gasteiger partial charge on any atom is 0.221 e. The molecule has 1 N–H and O–H groups in total. The van der Waals surface area contributed by atoms with E-state index in [1.54, 1.807) is 4.68 Å². The quantitative estimate of drug-likeness (QED) is 0.873. The van der Waals surface area contributed by atoms with Crippen LogP contribution in [0, 0.1) is 12.8 Å². The number of aromatic nitrogens is 5. The molecule has 0 bridgehead atoms. The minimum atomic E-state index is 0.604. The van der Waals surface area contributed by atoms with E-state index in [4.69, 9.17) is 0 Å². The number of hydrogen-bond donors (Lipinski definition) is 1. The molecular weight excluding hydrogens is 228 g/mol. The molecule has 0 aliphatic carbocycles. The van der Waals surface area contributed by atoms with E-state index >= 15 is 0 Å². The maximum atomic E-state index is 4.33. The molecule has 6 heteroatoms. The predicted molar refractivity (Wildman–Crippen MR) is 70.1 cm³/mol. The molecule has 0 aromatic carbocycles. The van der Waals surface area contributed by atoms with Crippen molar-refractivity contribution in [3.8, 4) is 0 Å². The Morgan fingerprint density at radius 2 is 2.17 bits per heavy atom. The molecule has 0 aliphatic heterocycles. The second-order valence-electron chi connectivity index (χ2n) is 4.92. The fourth-order valence-corrected chi connectivity index (χ4v) is 1.82. The Morgan fingerprint density at radius 1 is 1.39 bits per heavy atom. The first-order valence-corrected chi connectivity index (χ1v) is 6.17. The van der Waals surface area contributed by atoms with Gasteiger partial charge in [0.25, 0.3) is 0 Å². The van der Waals surface area contributed by atoms with Crippen LogP contribution in [0.5, 0.6) is 0 Å². The first kappa shape index (κ1) is 12.6. The summed E-state index contributed by atoms with van der Waals surface area (Å²) < 4.78 is 3.72. The number of rotatable bonds is 5. The van der Waals surface area contributed by atoms with Crippen molar-refractivity contribution in [1.29, 1.82) is 0 Å². The van der Waals surface area contributed by atoms with Crippen LogP contribution in [0.1, 0.15) is 25.2 Å². The van der Waals surface area contributed by atoms with E-state index in [1.165, 1.54) is 0 Å². The van der Waals surface area contributed by atoms with Crippen LogP contribution in [-0.4, -0.2) is 24.5 Å². The first-order valence-electron chi connectivity index (χ1n) is 6.17. The SMILES string of the molecule is Cc1nc(NCc2cnn(CC(C)C)c2)n(C)n1. The fraction of sp³-hybridized carbons (Fsp3) is 0.583. The van der Waals surface area contributed by atoms with Gasteiger partial charge in [-0.25, -0.2) is 4.68 Å². The molecule has 0 saturated carbocycles. The van der Waals surface area contributed by atoms with Gasteiger partial charge in [-0.1, -0.05) is 13.8 Å². The summed E-state index contributed by atoms with van der Waals surface area (Å²) in [5.74, 6) is 2.16. The molecule has 2 aromatic rings. The van der Waals surface area contributed by atoms with Crippen LogP contribution in [0.3, 0.4) is 0 Å². The molecule has 0 saturated heterocycles. The van der Waals surface area contributed by atoms with Gasteiger partial charge < -0.3 is 5.32 Å². The third-order valence-electron chi connectivity index (χ3n) is 2.56. The Morgan fingerprint density at radius 3 is 2.78 bits per heavy atom. The summed E-state index contributed by atoms with van der Waals surface area (Å²) in [5.41, 5.74) is 1.15. The van der Waals surface area contributed by atoms with Crippen LogP contribution in [-0.2, 0) is 20.1 Å². The van der Waals surface area contributed by atoms with E-state index in [-0.39, 0.29) is 0 Å². The highest BCUT2D eigenvalue weighted by molar-refractivity contribution is 5.26. The zero-order chi connectivity index (χ0) is 13.1. The molecule has 0 aliphatic rings. The van der Waals surface area contributed by atoms with Gasteiger partial charge in [0.2, 0.25) is 5.95 Å². The van der Waals surface area contributed by atoms with Crippen molar-refractivity contribution >= 4 is 5.95 Å². The normalized spacial score (nSPS) is 11.2. The largest absolute Gasteiger partial charge is 0.350 e. The lowest BCUT2D eigenvalue weighted by Crippen LogP contribution is -2.06. The minimum absolute atomic E-state index is 0.604. The van der Waals surface area contributed by atoms with Gasteiger partial charge in [-0.2, -0.15) is 15.2 Å². The highest BCUT2D eigenvalue weighted by Crippen LogP contribution is 2.06. The standard InChI is InChI=1S/C12H20N6/c1-9(2)7-18-8-11(6-14-18)5-13-12-15-10(3)16-17(12)4/h6,8-9H,5,7H2,1-4H3,(H,13,15,16). The summed E-state index contributed by atoms with van der Waals surface area (Å²) in [6.07, 6.45) is 3.95. The van der Waals surface area contributed by atoms with Gasteiger partial charge in [-0.05, 0) is 12.8 Å². The summed E-state index contributed by atoms with van der Waals surface area (Å²) in [6.45, 7) is 7.91. The van der Waals surface area contributed by atoms with Crippen LogP contribution in [0.25, 0.3) is 0 Å². The molecule has 2 rings (SSSR count). The van der Waals surface area contributed by atoms with Gasteiger partial charge in [0.1, 0.15) is 5.82 Å². The Balaban J connectivity index is 1.94. The monoisotopic (exact) mass is 248 g/mol. The van der Waals surface area contributed by atoms with E-state index in [9.17, 15) is 0 Å². The zero-order valence-corrected chi connectivity index (χ0v) is 11.4. The van der Waals surface area contributed by atoms with Crippen molar-refractivity contribution in [3.05, 3.63) is 23.8 Å². The average molecular weight is 248 g/mol. The lowest BCUT2D eigenvalue weighted by Gasteiger charge is -2.04. The Hall–Kier alpha value is -1.85. The Labute approximate surface area is 107 Å². The fourth-order valence-electron chi connectivity index (χ4n) is 1.82. The summed E-state index contributed by atoms with van der Waals surface area (Å²) in [7, 11) is 1.88. The summed E-state index contributed by atoms with van der Waals surface area (Å²) in [5, 5.41) is 11.8. The van der Waals surface area contributed by atoms with E-state index in [0.29, 0.717) is 12.5 Å². The van der Waals surface area contributed by atoms with Gasteiger partial charge >= 0.3 is 0 Å². The highest BCUT2D eigenvalue weighted by atomic mass is 15.4. The second-order valence-corrected chi connectivity index (χ2v) is 4.92.